The van der Waals surface area contributed by atoms with Gasteiger partial charge in [-0.15, -0.1) is 0 Å². The highest BCUT2D eigenvalue weighted by Crippen LogP contribution is 2.26. The Morgan fingerprint density at radius 3 is 2.87 bits per heavy atom. The maximum absolute atomic E-state index is 12.4. The summed E-state index contributed by atoms with van der Waals surface area (Å²) in [7, 11) is 0. The summed E-state index contributed by atoms with van der Waals surface area (Å²) in [5.41, 5.74) is 1.81. The SMILES string of the molecule is CCN(C(=O)CC/C(C)=N\O)c1cn(-c2cccnc2)nc1Cl. The lowest BCUT2D eigenvalue weighted by atomic mass is 10.2. The van der Waals surface area contributed by atoms with Gasteiger partial charge in [-0.3, -0.25) is 9.78 Å². The molecule has 0 saturated carbocycles. The highest BCUT2D eigenvalue weighted by atomic mass is 35.5. The highest BCUT2D eigenvalue weighted by molar-refractivity contribution is 6.32. The molecule has 23 heavy (non-hydrogen) atoms. The van der Waals surface area contributed by atoms with Crippen LogP contribution >= 0.6 is 11.6 Å². The first kappa shape index (κ1) is 17.0. The Kier molecular flexibility index (Phi) is 5.70. The lowest BCUT2D eigenvalue weighted by molar-refractivity contribution is -0.118. The number of halogens is 1. The number of hydrogen-bond donors (Lipinski definition) is 1. The average molecular weight is 336 g/mol. The van der Waals surface area contributed by atoms with Crippen molar-refractivity contribution in [1.82, 2.24) is 14.8 Å². The summed E-state index contributed by atoms with van der Waals surface area (Å²) < 4.78 is 1.58. The van der Waals surface area contributed by atoms with Crippen molar-refractivity contribution in [2.45, 2.75) is 26.7 Å². The number of amides is 1. The van der Waals surface area contributed by atoms with Gasteiger partial charge in [-0.05, 0) is 32.4 Å². The molecule has 0 fully saturated rings. The second-order valence-electron chi connectivity index (χ2n) is 4.93. The second kappa shape index (κ2) is 7.73. The number of rotatable bonds is 6. The zero-order valence-electron chi connectivity index (χ0n) is 13.0. The molecule has 8 heteroatoms. The molecular weight excluding hydrogens is 318 g/mol. The first-order chi connectivity index (χ1) is 11.1. The van der Waals surface area contributed by atoms with Gasteiger partial charge in [0.05, 0.1) is 23.8 Å². The van der Waals surface area contributed by atoms with Crippen molar-refractivity contribution in [3.63, 3.8) is 0 Å². The predicted octanol–water partition coefficient (Wildman–Crippen LogP) is 2.90. The van der Waals surface area contributed by atoms with E-state index in [0.29, 0.717) is 24.4 Å². The van der Waals surface area contributed by atoms with E-state index in [2.05, 4.69) is 15.2 Å². The van der Waals surface area contributed by atoms with E-state index in [-0.39, 0.29) is 17.5 Å². The first-order valence-electron chi connectivity index (χ1n) is 7.20. The number of oxime groups is 1. The number of hydrogen-bond acceptors (Lipinski definition) is 5. The number of aromatic nitrogens is 3. The Morgan fingerprint density at radius 1 is 1.48 bits per heavy atom. The highest BCUT2D eigenvalue weighted by Gasteiger charge is 2.20. The molecule has 7 nitrogen and oxygen atoms in total. The molecule has 0 aliphatic heterocycles. The Labute approximate surface area is 139 Å². The van der Waals surface area contributed by atoms with Gasteiger partial charge >= 0.3 is 0 Å². The molecule has 0 bridgehead atoms. The minimum atomic E-state index is -0.108. The lowest BCUT2D eigenvalue weighted by Gasteiger charge is -2.19. The standard InChI is InChI=1S/C15H18ClN5O2/c1-3-20(14(22)7-6-11(2)19-23)13-10-21(18-15(13)16)12-5-4-8-17-9-12/h4-5,8-10,23H,3,6-7H2,1-2H3/b19-11-. The van der Waals surface area contributed by atoms with Crippen molar-refractivity contribution in [2.24, 2.45) is 5.16 Å². The smallest absolute Gasteiger partial charge is 0.227 e. The summed E-state index contributed by atoms with van der Waals surface area (Å²) in [6.45, 7) is 3.99. The van der Waals surface area contributed by atoms with Crippen LogP contribution in [-0.4, -0.2) is 38.1 Å². The molecule has 0 atom stereocenters. The number of nitrogens with zero attached hydrogens (tertiary/aromatic N) is 5. The number of pyridine rings is 1. The van der Waals surface area contributed by atoms with Crippen LogP contribution in [0.1, 0.15) is 26.7 Å². The zero-order valence-corrected chi connectivity index (χ0v) is 13.7. The summed E-state index contributed by atoms with van der Waals surface area (Å²) in [4.78, 5) is 18.0. The fourth-order valence-electron chi connectivity index (χ4n) is 2.10. The molecule has 122 valence electrons. The normalized spacial score (nSPS) is 11.5. The molecule has 2 rings (SSSR count). The van der Waals surface area contributed by atoms with Gasteiger partial charge in [-0.2, -0.15) is 5.10 Å². The van der Waals surface area contributed by atoms with E-state index in [1.54, 1.807) is 41.2 Å². The maximum Gasteiger partial charge on any atom is 0.227 e. The predicted molar refractivity (Wildman–Crippen MR) is 88.5 cm³/mol. The molecule has 0 aliphatic carbocycles. The maximum atomic E-state index is 12.4. The van der Waals surface area contributed by atoms with E-state index < -0.39 is 0 Å². The Bertz CT molecular complexity index is 699. The molecular formula is C15H18ClN5O2. The minimum Gasteiger partial charge on any atom is -0.411 e. The van der Waals surface area contributed by atoms with Gasteiger partial charge < -0.3 is 10.1 Å². The number of anilines is 1. The molecule has 2 aromatic heterocycles. The van der Waals surface area contributed by atoms with Gasteiger partial charge in [0.15, 0.2) is 5.15 Å². The largest absolute Gasteiger partial charge is 0.411 e. The van der Waals surface area contributed by atoms with Crippen LogP contribution in [0.3, 0.4) is 0 Å². The number of carbonyl (C=O) groups excluding carboxylic acids is 1. The molecule has 0 unspecified atom stereocenters. The van der Waals surface area contributed by atoms with E-state index >= 15 is 0 Å². The van der Waals surface area contributed by atoms with Crippen molar-refractivity contribution < 1.29 is 10.0 Å². The van der Waals surface area contributed by atoms with Crippen LogP contribution < -0.4 is 4.90 Å². The van der Waals surface area contributed by atoms with Gasteiger partial charge in [-0.25, -0.2) is 4.68 Å². The summed E-state index contributed by atoms with van der Waals surface area (Å²) in [6, 6.07) is 3.64. The van der Waals surface area contributed by atoms with Gasteiger partial charge in [0.25, 0.3) is 0 Å². The van der Waals surface area contributed by atoms with Crippen molar-refractivity contribution in [3.05, 3.63) is 35.9 Å². The quantitative estimate of drug-likeness (QED) is 0.500. The summed E-state index contributed by atoms with van der Waals surface area (Å²) in [6.07, 6.45) is 5.65. The third-order valence-corrected chi connectivity index (χ3v) is 3.61. The summed E-state index contributed by atoms with van der Waals surface area (Å²) in [5, 5.41) is 16.2. The summed E-state index contributed by atoms with van der Waals surface area (Å²) >= 11 is 6.19. The molecule has 0 saturated heterocycles. The van der Waals surface area contributed by atoms with Gasteiger partial charge in [0, 0.05) is 19.2 Å². The molecule has 1 amide bonds. The second-order valence-corrected chi connectivity index (χ2v) is 5.29. The van der Waals surface area contributed by atoms with Crippen molar-refractivity contribution in [3.8, 4) is 5.69 Å². The van der Waals surface area contributed by atoms with Crippen LogP contribution in [0.15, 0.2) is 35.9 Å². The fraction of sp³-hybridized carbons (Fsp3) is 0.333. The topological polar surface area (TPSA) is 83.6 Å². The average Bonchev–Trinajstić information content (AvgIpc) is 2.96. The van der Waals surface area contributed by atoms with E-state index in [9.17, 15) is 4.79 Å². The summed E-state index contributed by atoms with van der Waals surface area (Å²) in [5.74, 6) is -0.108. The fourth-order valence-corrected chi connectivity index (χ4v) is 2.33. The number of carbonyl (C=O) groups is 1. The van der Waals surface area contributed by atoms with Crippen LogP contribution in [0.25, 0.3) is 5.69 Å². The lowest BCUT2D eigenvalue weighted by Crippen LogP contribution is -2.30. The third kappa shape index (κ3) is 4.07. The minimum absolute atomic E-state index is 0.108. The van der Waals surface area contributed by atoms with Gasteiger partial charge in [-0.1, -0.05) is 16.8 Å². The van der Waals surface area contributed by atoms with Gasteiger partial charge in [0.1, 0.15) is 5.69 Å². The zero-order chi connectivity index (χ0) is 16.8. The molecule has 0 spiro atoms. The van der Waals surface area contributed by atoms with E-state index in [1.165, 1.54) is 0 Å². The Hall–Kier alpha value is -2.41. The van der Waals surface area contributed by atoms with Crippen LogP contribution in [-0.2, 0) is 4.79 Å². The molecule has 2 heterocycles. The molecule has 0 radical (unpaired) electrons. The first-order valence-corrected chi connectivity index (χ1v) is 7.58. The van der Waals surface area contributed by atoms with Crippen LogP contribution in [0.5, 0.6) is 0 Å². The van der Waals surface area contributed by atoms with Crippen LogP contribution in [0.2, 0.25) is 5.15 Å². The van der Waals surface area contributed by atoms with E-state index in [0.717, 1.165) is 5.69 Å². The third-order valence-electron chi connectivity index (χ3n) is 3.34. The van der Waals surface area contributed by atoms with E-state index in [4.69, 9.17) is 16.8 Å². The van der Waals surface area contributed by atoms with Gasteiger partial charge in [0.2, 0.25) is 5.91 Å². The van der Waals surface area contributed by atoms with Crippen LogP contribution in [0, 0.1) is 0 Å². The molecule has 0 aromatic carbocycles. The molecule has 0 aliphatic rings. The Balaban J connectivity index is 2.21. The van der Waals surface area contributed by atoms with Crippen LogP contribution in [0.4, 0.5) is 5.69 Å². The Morgan fingerprint density at radius 2 is 2.26 bits per heavy atom. The monoisotopic (exact) mass is 335 g/mol. The molecule has 2 aromatic rings. The van der Waals surface area contributed by atoms with Crippen molar-refractivity contribution in [1.29, 1.82) is 0 Å². The molecule has 1 N–H and O–H groups in total. The van der Waals surface area contributed by atoms with Crippen molar-refractivity contribution in [2.75, 3.05) is 11.4 Å². The van der Waals surface area contributed by atoms with E-state index in [1.807, 2.05) is 13.0 Å². The van der Waals surface area contributed by atoms with Crippen molar-refractivity contribution >= 4 is 28.9 Å².